The third kappa shape index (κ3) is 1.22. The second-order valence-electron chi connectivity index (χ2n) is 3.35. The van der Waals surface area contributed by atoms with Crippen molar-refractivity contribution in [1.82, 2.24) is 14.9 Å². The molecule has 1 aromatic heterocycles. The Balaban J connectivity index is 2.28. The molecule has 0 aromatic carbocycles. The molecular formula is C7H10N4O3. The van der Waals surface area contributed by atoms with Gasteiger partial charge in [-0.25, -0.2) is 0 Å². The first-order chi connectivity index (χ1) is 6.54. The summed E-state index contributed by atoms with van der Waals surface area (Å²) in [5.41, 5.74) is -0.516. The topological polar surface area (TPSA) is 82.2 Å². The molecular weight excluding hydrogens is 188 g/mol. The third-order valence-corrected chi connectivity index (χ3v) is 2.23. The first-order valence-electron chi connectivity index (χ1n) is 4.13. The molecule has 0 aliphatic carbocycles. The van der Waals surface area contributed by atoms with Crippen LogP contribution in [0.25, 0.3) is 0 Å². The second kappa shape index (κ2) is 2.68. The molecule has 0 bridgehead atoms. The van der Waals surface area contributed by atoms with E-state index >= 15 is 0 Å². The number of likely N-dealkylation sites (N-methyl/N-ethyl adjacent to an activating group) is 1. The summed E-state index contributed by atoms with van der Waals surface area (Å²) in [4.78, 5) is 13.6. The van der Waals surface area contributed by atoms with E-state index in [1.54, 1.807) is 11.6 Å². The quantitative estimate of drug-likeness (QED) is 0.539. The summed E-state index contributed by atoms with van der Waals surface area (Å²) in [6.07, 6.45) is 1.37. The Labute approximate surface area is 79.8 Å². The Bertz CT molecular complexity index is 363. The lowest BCUT2D eigenvalue weighted by atomic mass is 10.3. The maximum absolute atomic E-state index is 10.4. The molecule has 0 fully saturated rings. The van der Waals surface area contributed by atoms with Crippen molar-refractivity contribution in [2.45, 2.75) is 19.2 Å². The van der Waals surface area contributed by atoms with E-state index in [9.17, 15) is 10.1 Å². The zero-order chi connectivity index (χ0) is 10.3. The van der Waals surface area contributed by atoms with E-state index in [1.807, 2.05) is 6.92 Å². The molecule has 0 amide bonds. The Kier molecular flexibility index (Phi) is 1.71. The van der Waals surface area contributed by atoms with Gasteiger partial charge in [0.15, 0.2) is 5.72 Å². The number of ether oxygens (including phenoxy) is 1. The van der Waals surface area contributed by atoms with E-state index in [0.29, 0.717) is 6.54 Å². The van der Waals surface area contributed by atoms with Gasteiger partial charge < -0.3 is 14.9 Å². The van der Waals surface area contributed by atoms with E-state index in [4.69, 9.17) is 4.74 Å². The number of nitrogens with one attached hydrogen (secondary N) is 1. The molecule has 7 heteroatoms. The summed E-state index contributed by atoms with van der Waals surface area (Å²) in [5.74, 6) is -0.182. The predicted octanol–water partition coefficient (Wildman–Crippen LogP) is 0.119. The fraction of sp³-hybridized carbons (Fsp3) is 0.571. The predicted molar refractivity (Wildman–Crippen MR) is 47.0 cm³/mol. The number of nitrogens with zero attached hydrogens (tertiary/aromatic N) is 3. The summed E-state index contributed by atoms with van der Waals surface area (Å²) < 4.78 is 7.03. The lowest BCUT2D eigenvalue weighted by molar-refractivity contribution is -0.389. The molecule has 1 N–H and O–H groups in total. The highest BCUT2D eigenvalue weighted by Gasteiger charge is 2.38. The molecule has 1 aliphatic heterocycles. The molecule has 2 heterocycles. The van der Waals surface area contributed by atoms with Gasteiger partial charge in [-0.1, -0.05) is 0 Å². The van der Waals surface area contributed by atoms with Gasteiger partial charge in [0, 0.05) is 4.98 Å². The molecule has 1 aliphatic rings. The number of imidazole rings is 1. The first kappa shape index (κ1) is 8.95. The fourth-order valence-corrected chi connectivity index (χ4v) is 1.36. The van der Waals surface area contributed by atoms with Crippen molar-refractivity contribution in [2.24, 2.45) is 0 Å². The van der Waals surface area contributed by atoms with Crippen molar-refractivity contribution in [3.05, 3.63) is 16.3 Å². The van der Waals surface area contributed by atoms with E-state index in [2.05, 4.69) is 10.3 Å². The van der Waals surface area contributed by atoms with Gasteiger partial charge >= 0.3 is 11.8 Å². The lowest BCUT2D eigenvalue weighted by Gasteiger charge is -2.20. The lowest BCUT2D eigenvalue weighted by Crippen LogP contribution is -2.44. The number of hydrogen-bond donors (Lipinski definition) is 1. The van der Waals surface area contributed by atoms with Crippen LogP contribution < -0.4 is 10.1 Å². The highest BCUT2D eigenvalue weighted by Crippen LogP contribution is 2.28. The molecule has 0 saturated carbocycles. The van der Waals surface area contributed by atoms with E-state index in [1.165, 1.54) is 6.20 Å². The number of hydrogen-bond acceptors (Lipinski definition) is 5. The van der Waals surface area contributed by atoms with Gasteiger partial charge in [0.1, 0.15) is 6.20 Å². The van der Waals surface area contributed by atoms with Crippen molar-refractivity contribution in [3.63, 3.8) is 0 Å². The first-order valence-corrected chi connectivity index (χ1v) is 4.13. The minimum atomic E-state index is -0.536. The fourth-order valence-electron chi connectivity index (χ4n) is 1.36. The van der Waals surface area contributed by atoms with Crippen LogP contribution in [-0.4, -0.2) is 27.2 Å². The van der Waals surface area contributed by atoms with Gasteiger partial charge in [-0.3, -0.25) is 9.88 Å². The highest BCUT2D eigenvalue weighted by molar-refractivity contribution is 5.23. The smallest absolute Gasteiger partial charge is 0.416 e. The molecule has 0 saturated heterocycles. The van der Waals surface area contributed by atoms with Crippen LogP contribution in [0.2, 0.25) is 0 Å². The Hall–Kier alpha value is -1.63. The second-order valence-corrected chi connectivity index (χ2v) is 3.35. The van der Waals surface area contributed by atoms with Gasteiger partial charge in [0.2, 0.25) is 0 Å². The van der Waals surface area contributed by atoms with Crippen molar-refractivity contribution >= 4 is 5.82 Å². The molecule has 1 unspecified atom stereocenters. The Morgan fingerprint density at radius 1 is 1.86 bits per heavy atom. The van der Waals surface area contributed by atoms with Crippen LogP contribution in [-0.2, 0) is 6.54 Å². The van der Waals surface area contributed by atoms with E-state index in [-0.39, 0.29) is 11.8 Å². The SMILES string of the molecule is CNC1(C)Cn2cc([N+](=O)[O-])nc2O1. The van der Waals surface area contributed by atoms with E-state index in [0.717, 1.165) is 0 Å². The van der Waals surface area contributed by atoms with Crippen LogP contribution >= 0.6 is 0 Å². The van der Waals surface area contributed by atoms with Gasteiger partial charge in [-0.2, -0.15) is 0 Å². The molecule has 7 nitrogen and oxygen atoms in total. The minimum Gasteiger partial charge on any atom is -0.422 e. The maximum atomic E-state index is 10.4. The summed E-state index contributed by atoms with van der Waals surface area (Å²) in [7, 11) is 1.76. The average molecular weight is 198 g/mol. The summed E-state index contributed by atoms with van der Waals surface area (Å²) in [6, 6.07) is 0.286. The van der Waals surface area contributed by atoms with Crippen molar-refractivity contribution in [2.75, 3.05) is 7.05 Å². The number of fused-ring (bicyclic) bond motifs is 1. The monoisotopic (exact) mass is 198 g/mol. The van der Waals surface area contributed by atoms with Gasteiger partial charge in [-0.15, -0.1) is 0 Å². The normalized spacial score (nSPS) is 24.4. The van der Waals surface area contributed by atoms with Crippen LogP contribution in [0.15, 0.2) is 6.20 Å². The third-order valence-electron chi connectivity index (χ3n) is 2.23. The molecule has 14 heavy (non-hydrogen) atoms. The molecule has 1 atom stereocenters. The van der Waals surface area contributed by atoms with Crippen molar-refractivity contribution in [3.8, 4) is 6.01 Å². The molecule has 0 spiro atoms. The number of rotatable bonds is 2. The number of aromatic nitrogens is 2. The maximum Gasteiger partial charge on any atom is 0.416 e. The summed E-state index contributed by atoms with van der Waals surface area (Å²) in [6.45, 7) is 2.37. The molecule has 76 valence electrons. The van der Waals surface area contributed by atoms with Crippen molar-refractivity contribution in [1.29, 1.82) is 0 Å². The summed E-state index contributed by atoms with van der Waals surface area (Å²) in [5, 5.41) is 13.4. The summed E-state index contributed by atoms with van der Waals surface area (Å²) >= 11 is 0. The Morgan fingerprint density at radius 3 is 3.07 bits per heavy atom. The Morgan fingerprint density at radius 2 is 2.57 bits per heavy atom. The highest BCUT2D eigenvalue weighted by atomic mass is 16.6. The molecule has 1 aromatic rings. The molecule has 2 rings (SSSR count). The number of nitro groups is 1. The van der Waals surface area contributed by atoms with Crippen LogP contribution in [0.4, 0.5) is 5.82 Å². The zero-order valence-electron chi connectivity index (χ0n) is 7.85. The van der Waals surface area contributed by atoms with Crippen LogP contribution in [0.5, 0.6) is 6.01 Å². The molecule has 0 radical (unpaired) electrons. The van der Waals surface area contributed by atoms with Gasteiger partial charge in [-0.05, 0) is 18.9 Å². The zero-order valence-corrected chi connectivity index (χ0v) is 7.85. The van der Waals surface area contributed by atoms with E-state index < -0.39 is 10.6 Å². The minimum absolute atomic E-state index is 0.182. The standard InChI is InChI=1S/C7H10N4O3/c1-7(8-2)4-10-3-5(11(12)13)9-6(10)14-7/h3,8H,4H2,1-2H3. The van der Waals surface area contributed by atoms with Gasteiger partial charge in [0.05, 0.1) is 6.54 Å². The van der Waals surface area contributed by atoms with Gasteiger partial charge in [0.25, 0.3) is 0 Å². The van der Waals surface area contributed by atoms with Crippen LogP contribution in [0.3, 0.4) is 0 Å². The van der Waals surface area contributed by atoms with Crippen LogP contribution in [0.1, 0.15) is 6.92 Å². The average Bonchev–Trinajstić information content (AvgIpc) is 2.59. The van der Waals surface area contributed by atoms with Crippen molar-refractivity contribution < 1.29 is 9.66 Å². The van der Waals surface area contributed by atoms with Crippen LogP contribution in [0, 0.1) is 10.1 Å². The largest absolute Gasteiger partial charge is 0.422 e.